The fourth-order valence-corrected chi connectivity index (χ4v) is 7.55. The molecule has 4 heteroatoms. The Morgan fingerprint density at radius 2 is 1.02 bits per heavy atom. The van der Waals surface area contributed by atoms with Gasteiger partial charge in [-0.1, -0.05) is 147 Å². The summed E-state index contributed by atoms with van der Waals surface area (Å²) < 4.78 is 11.2. The van der Waals surface area contributed by atoms with E-state index < -0.39 is 11.9 Å². The normalized spacial score (nSPS) is 18.4. The molecule has 0 fully saturated rings. The molecule has 2 aliphatic carbocycles. The zero-order chi connectivity index (χ0) is 42.3. The molecule has 304 valence electrons. The third kappa shape index (κ3) is 14.8. The largest absolute Gasteiger partial charge is 0.423 e. The van der Waals surface area contributed by atoms with Gasteiger partial charge in [-0.2, -0.15) is 0 Å². The maximum absolute atomic E-state index is 12.7. The summed E-state index contributed by atoms with van der Waals surface area (Å²) in [5, 5.41) is 0. The second-order valence-corrected chi connectivity index (χ2v) is 17.2. The molecule has 0 unspecified atom stereocenters. The molecule has 0 N–H and O–H groups in total. The summed E-state index contributed by atoms with van der Waals surface area (Å²) in [6, 6.07) is 14.7. The quantitative estimate of drug-likeness (QED) is 0.0630. The molecule has 58 heavy (non-hydrogen) atoms. The fourth-order valence-electron chi connectivity index (χ4n) is 7.55. The van der Waals surface area contributed by atoms with E-state index in [0.717, 1.165) is 33.4 Å². The zero-order valence-corrected chi connectivity index (χ0v) is 36.6. The number of allylic oxidation sites excluding steroid dienone is 18. The Labute approximate surface area is 349 Å². The third-order valence-electron chi connectivity index (χ3n) is 10.9. The Kier molecular flexibility index (Phi) is 16.6. The van der Waals surface area contributed by atoms with E-state index in [9.17, 15) is 9.59 Å². The van der Waals surface area contributed by atoms with Crippen LogP contribution in [0.1, 0.15) is 119 Å². The highest BCUT2D eigenvalue weighted by atomic mass is 16.5. The summed E-state index contributed by atoms with van der Waals surface area (Å²) in [4.78, 5) is 25.3. The highest BCUT2D eigenvalue weighted by Gasteiger charge is 2.27. The van der Waals surface area contributed by atoms with Crippen LogP contribution in [-0.2, 0) is 9.59 Å². The van der Waals surface area contributed by atoms with Crippen molar-refractivity contribution < 1.29 is 19.1 Å². The van der Waals surface area contributed by atoms with Crippen molar-refractivity contribution in [3.8, 4) is 11.5 Å². The summed E-state index contributed by atoms with van der Waals surface area (Å²) >= 11 is 0. The lowest BCUT2D eigenvalue weighted by atomic mass is 9.72. The van der Waals surface area contributed by atoms with Crippen LogP contribution in [0.3, 0.4) is 0 Å². The van der Waals surface area contributed by atoms with E-state index in [0.29, 0.717) is 11.5 Å². The SMILES string of the molecule is CC1=C(/C=C/C(C)=C/C=C/C(C)=C/C(=O)Oc2ccc(/C=C/c3cccc(OC(=O)/C=C(C)/C=C/C=C(C)/C=C/C4=C(C)CCCC4(C)C)c3)cc2)C(C)(C)CCC1. The first-order chi connectivity index (χ1) is 27.5. The van der Waals surface area contributed by atoms with Crippen LogP contribution in [0.15, 0.2) is 166 Å². The molecule has 2 aromatic rings. The fraction of sp³-hybridized carbons (Fsp3) is 0.333. The maximum Gasteiger partial charge on any atom is 0.336 e. The predicted octanol–water partition coefficient (Wildman–Crippen LogP) is 14.7. The summed E-state index contributed by atoms with van der Waals surface area (Å²) in [6.07, 6.45) is 34.9. The predicted molar refractivity (Wildman–Crippen MR) is 245 cm³/mol. The first-order valence-electron chi connectivity index (χ1n) is 20.7. The molecular weight excluding hydrogens is 713 g/mol. The average molecular weight is 777 g/mol. The minimum atomic E-state index is -0.431. The lowest BCUT2D eigenvalue weighted by molar-refractivity contribution is -0.129. The second-order valence-electron chi connectivity index (χ2n) is 17.2. The summed E-state index contributed by atoms with van der Waals surface area (Å²) in [7, 11) is 0. The van der Waals surface area contributed by atoms with Crippen molar-refractivity contribution in [3.63, 3.8) is 0 Å². The molecule has 4 rings (SSSR count). The van der Waals surface area contributed by atoms with Gasteiger partial charge in [-0.3, -0.25) is 0 Å². The van der Waals surface area contributed by atoms with Crippen LogP contribution in [0, 0.1) is 10.8 Å². The molecule has 0 aromatic heterocycles. The van der Waals surface area contributed by atoms with Gasteiger partial charge in [0.15, 0.2) is 0 Å². The average Bonchev–Trinajstić information content (AvgIpc) is 3.13. The van der Waals surface area contributed by atoms with Gasteiger partial charge >= 0.3 is 11.9 Å². The number of rotatable bonds is 14. The van der Waals surface area contributed by atoms with E-state index in [-0.39, 0.29) is 10.8 Å². The monoisotopic (exact) mass is 776 g/mol. The Bertz CT molecular complexity index is 2140. The molecule has 2 aromatic carbocycles. The summed E-state index contributed by atoms with van der Waals surface area (Å²) in [6.45, 7) is 21.7. The van der Waals surface area contributed by atoms with Crippen LogP contribution in [0.4, 0.5) is 0 Å². The molecule has 0 radical (unpaired) electrons. The standard InChI is InChI=1S/C54H64O4/c1-39(24-32-49-43(5)20-14-34-53(49,7)8)16-11-18-41(3)36-51(55)57-47-30-28-45(29-31-47)26-27-46-22-13-23-48(38-46)58-52(56)37-42(4)19-12-17-40(2)25-33-50-44(6)21-15-35-54(50,9)10/h11-13,16-19,22-33,36-38H,14-15,20-21,34-35H2,1-10H3/b18-11+,19-12+,27-26+,32-24+,33-25+,39-16+,40-17+,41-36+,42-37+. The lowest BCUT2D eigenvalue weighted by Gasteiger charge is -2.33. The van der Waals surface area contributed by atoms with Crippen LogP contribution < -0.4 is 9.47 Å². The van der Waals surface area contributed by atoms with Gasteiger partial charge in [0.2, 0.25) is 0 Å². The van der Waals surface area contributed by atoms with E-state index in [1.165, 1.54) is 73.0 Å². The molecule has 0 amide bonds. The number of hydrogen-bond acceptors (Lipinski definition) is 4. The summed E-state index contributed by atoms with van der Waals surface area (Å²) in [5.74, 6) is 0.0703. The number of hydrogen-bond donors (Lipinski definition) is 0. The van der Waals surface area contributed by atoms with E-state index >= 15 is 0 Å². The molecule has 2 aliphatic rings. The lowest BCUT2D eigenvalue weighted by Crippen LogP contribution is -2.19. The van der Waals surface area contributed by atoms with Gasteiger partial charge in [0.05, 0.1) is 0 Å². The van der Waals surface area contributed by atoms with Crippen molar-refractivity contribution >= 4 is 24.1 Å². The molecule has 0 atom stereocenters. The van der Waals surface area contributed by atoms with Crippen LogP contribution in [0.5, 0.6) is 11.5 Å². The molecule has 0 aliphatic heterocycles. The molecule has 0 saturated carbocycles. The van der Waals surface area contributed by atoms with Crippen molar-refractivity contribution in [3.05, 3.63) is 177 Å². The summed E-state index contributed by atoms with van der Waals surface area (Å²) in [5.41, 5.74) is 12.0. The first kappa shape index (κ1) is 45.2. The number of ether oxygens (including phenoxy) is 2. The van der Waals surface area contributed by atoms with Crippen molar-refractivity contribution in [1.82, 2.24) is 0 Å². The van der Waals surface area contributed by atoms with E-state index in [2.05, 4.69) is 91.8 Å². The second kappa shape index (κ2) is 21.3. The van der Waals surface area contributed by atoms with Crippen LogP contribution in [0.25, 0.3) is 12.2 Å². The molecule has 0 heterocycles. The van der Waals surface area contributed by atoms with Gasteiger partial charge in [-0.15, -0.1) is 0 Å². The van der Waals surface area contributed by atoms with E-state index in [1.807, 2.05) is 80.6 Å². The number of esters is 2. The van der Waals surface area contributed by atoms with Gasteiger partial charge in [0.25, 0.3) is 0 Å². The number of carbonyl (C=O) groups excluding carboxylic acids is 2. The molecule has 4 nitrogen and oxygen atoms in total. The topological polar surface area (TPSA) is 52.6 Å². The maximum atomic E-state index is 12.7. The van der Waals surface area contributed by atoms with Gasteiger partial charge < -0.3 is 9.47 Å². The Hall–Kier alpha value is -5.48. The van der Waals surface area contributed by atoms with E-state index in [1.54, 1.807) is 18.2 Å². The van der Waals surface area contributed by atoms with Gasteiger partial charge in [0.1, 0.15) is 11.5 Å². The van der Waals surface area contributed by atoms with Crippen LogP contribution in [0.2, 0.25) is 0 Å². The van der Waals surface area contributed by atoms with Crippen molar-refractivity contribution in [2.24, 2.45) is 10.8 Å². The van der Waals surface area contributed by atoms with Crippen molar-refractivity contribution in [2.75, 3.05) is 0 Å². The smallest absolute Gasteiger partial charge is 0.336 e. The minimum Gasteiger partial charge on any atom is -0.423 e. The first-order valence-corrected chi connectivity index (χ1v) is 20.7. The molecular formula is C54H64O4. The number of carbonyl (C=O) groups is 2. The number of benzene rings is 2. The molecule has 0 spiro atoms. The Balaban J connectivity index is 1.25. The van der Waals surface area contributed by atoms with Gasteiger partial charge in [-0.25, -0.2) is 9.59 Å². The van der Waals surface area contributed by atoms with Crippen molar-refractivity contribution in [1.29, 1.82) is 0 Å². The molecule has 0 saturated heterocycles. The van der Waals surface area contributed by atoms with Crippen LogP contribution >= 0.6 is 0 Å². The Morgan fingerprint density at radius 3 is 1.50 bits per heavy atom. The Morgan fingerprint density at radius 1 is 0.552 bits per heavy atom. The highest BCUT2D eigenvalue weighted by molar-refractivity contribution is 5.86. The molecule has 0 bridgehead atoms. The van der Waals surface area contributed by atoms with Crippen LogP contribution in [-0.4, -0.2) is 11.9 Å². The van der Waals surface area contributed by atoms with Gasteiger partial charge in [0, 0.05) is 12.2 Å². The minimum absolute atomic E-state index is 0.215. The van der Waals surface area contributed by atoms with Gasteiger partial charge in [-0.05, 0) is 149 Å². The van der Waals surface area contributed by atoms with Crippen molar-refractivity contribution in [2.45, 2.75) is 108 Å². The van der Waals surface area contributed by atoms with E-state index in [4.69, 9.17) is 9.47 Å². The highest BCUT2D eigenvalue weighted by Crippen LogP contribution is 2.42. The third-order valence-corrected chi connectivity index (χ3v) is 10.9. The zero-order valence-electron chi connectivity index (χ0n) is 36.6.